The maximum Gasteiger partial charge on any atom is 0.332 e. The fourth-order valence-electron chi connectivity index (χ4n) is 3.63. The molecule has 32 heavy (non-hydrogen) atoms. The van der Waals surface area contributed by atoms with E-state index in [0.717, 1.165) is 23.0 Å². The van der Waals surface area contributed by atoms with Gasteiger partial charge in [-0.1, -0.05) is 18.1 Å². The van der Waals surface area contributed by atoms with Gasteiger partial charge in [0.25, 0.3) is 5.56 Å². The second kappa shape index (κ2) is 9.51. The standard InChI is InChI=1S/C23H25FN4O4/c1-26-21-20(22(30)27(23(26)31)12-4-13-29)28(15-16-8-10-17(24)11-9-16)19(25-21)7-3-14-32-18-5-2-6-18/h8-11,18,29H,2,4-6,12-15H2,1H3. The van der Waals surface area contributed by atoms with Gasteiger partial charge in [0.1, 0.15) is 12.4 Å². The van der Waals surface area contributed by atoms with Gasteiger partial charge >= 0.3 is 5.69 Å². The minimum absolute atomic E-state index is 0.0932. The minimum atomic E-state index is -0.504. The third-order valence-corrected chi connectivity index (χ3v) is 5.67. The topological polar surface area (TPSA) is 91.3 Å². The van der Waals surface area contributed by atoms with Crippen LogP contribution >= 0.6 is 0 Å². The molecule has 9 heteroatoms. The highest BCUT2D eigenvalue weighted by Gasteiger charge is 2.20. The molecule has 1 fully saturated rings. The normalized spacial score (nSPS) is 13.7. The molecule has 1 aliphatic rings. The zero-order chi connectivity index (χ0) is 22.7. The van der Waals surface area contributed by atoms with Crippen LogP contribution in [0.3, 0.4) is 0 Å². The summed E-state index contributed by atoms with van der Waals surface area (Å²) in [5, 5.41) is 9.15. The number of aryl methyl sites for hydroxylation is 1. The minimum Gasteiger partial charge on any atom is -0.396 e. The summed E-state index contributed by atoms with van der Waals surface area (Å²) in [6.45, 7) is 0.442. The fourth-order valence-corrected chi connectivity index (χ4v) is 3.63. The molecule has 0 atom stereocenters. The first-order chi connectivity index (χ1) is 15.5. The quantitative estimate of drug-likeness (QED) is 0.561. The largest absolute Gasteiger partial charge is 0.396 e. The van der Waals surface area contributed by atoms with Crippen molar-refractivity contribution in [3.05, 3.63) is 62.3 Å². The predicted octanol–water partition coefficient (Wildman–Crippen LogP) is 1.39. The molecule has 3 aromatic rings. The molecule has 0 saturated heterocycles. The van der Waals surface area contributed by atoms with E-state index in [2.05, 4.69) is 16.8 Å². The monoisotopic (exact) mass is 440 g/mol. The van der Waals surface area contributed by atoms with E-state index in [1.807, 2.05) is 0 Å². The summed E-state index contributed by atoms with van der Waals surface area (Å²) in [5.74, 6) is 5.90. The Morgan fingerprint density at radius 1 is 1.22 bits per heavy atom. The summed E-state index contributed by atoms with van der Waals surface area (Å²) in [4.78, 5) is 30.4. The number of fused-ring (bicyclic) bond motifs is 1. The van der Waals surface area contributed by atoms with E-state index in [1.165, 1.54) is 23.1 Å². The molecule has 168 valence electrons. The van der Waals surface area contributed by atoms with E-state index in [-0.39, 0.29) is 55.8 Å². The van der Waals surface area contributed by atoms with Crippen LogP contribution in [0, 0.1) is 17.7 Å². The lowest BCUT2D eigenvalue weighted by atomic mass is 9.96. The summed E-state index contributed by atoms with van der Waals surface area (Å²) in [7, 11) is 1.55. The average Bonchev–Trinajstić information content (AvgIpc) is 3.11. The molecule has 1 N–H and O–H groups in total. The van der Waals surface area contributed by atoms with Crippen molar-refractivity contribution >= 4 is 11.2 Å². The SMILES string of the molecule is Cn1c(=O)n(CCCO)c(=O)c2c1nc(C#CCOC1CCC1)n2Cc1ccc(F)cc1. The molecule has 1 aromatic carbocycles. The van der Waals surface area contributed by atoms with Gasteiger partial charge in [0.15, 0.2) is 17.0 Å². The number of imidazole rings is 1. The zero-order valence-corrected chi connectivity index (χ0v) is 17.9. The number of hydrogen-bond donors (Lipinski definition) is 1. The zero-order valence-electron chi connectivity index (χ0n) is 17.9. The Kier molecular flexibility index (Phi) is 6.53. The number of aliphatic hydroxyl groups excluding tert-OH is 1. The van der Waals surface area contributed by atoms with Crippen molar-refractivity contribution in [3.8, 4) is 11.8 Å². The summed E-state index contributed by atoms with van der Waals surface area (Å²) in [6, 6.07) is 5.96. The number of ether oxygens (including phenoxy) is 1. The maximum atomic E-state index is 13.4. The summed E-state index contributed by atoms with van der Waals surface area (Å²) in [6.07, 6.45) is 3.78. The van der Waals surface area contributed by atoms with Crippen LogP contribution in [0.15, 0.2) is 33.9 Å². The van der Waals surface area contributed by atoms with Gasteiger partial charge in [-0.2, -0.15) is 0 Å². The van der Waals surface area contributed by atoms with Crippen LogP contribution in [0.2, 0.25) is 0 Å². The van der Waals surface area contributed by atoms with Gasteiger partial charge in [-0.25, -0.2) is 14.2 Å². The Labute approximate surface area is 183 Å². The molecule has 1 aliphatic carbocycles. The molecular formula is C23H25FN4O4. The first kappa shape index (κ1) is 22.0. The second-order valence-electron chi connectivity index (χ2n) is 7.86. The van der Waals surface area contributed by atoms with Crippen molar-refractivity contribution < 1.29 is 14.2 Å². The molecule has 0 bridgehead atoms. The molecule has 0 unspecified atom stereocenters. The smallest absolute Gasteiger partial charge is 0.332 e. The first-order valence-electron chi connectivity index (χ1n) is 10.7. The first-order valence-corrected chi connectivity index (χ1v) is 10.7. The molecule has 0 spiro atoms. The van der Waals surface area contributed by atoms with Gasteiger partial charge in [-0.05, 0) is 49.3 Å². The molecule has 0 radical (unpaired) electrons. The van der Waals surface area contributed by atoms with Crippen molar-refractivity contribution in [2.75, 3.05) is 13.2 Å². The van der Waals surface area contributed by atoms with E-state index >= 15 is 0 Å². The van der Waals surface area contributed by atoms with Crippen molar-refractivity contribution in [2.24, 2.45) is 7.05 Å². The number of aromatic nitrogens is 4. The predicted molar refractivity (Wildman–Crippen MR) is 117 cm³/mol. The van der Waals surface area contributed by atoms with Crippen LogP contribution in [0.1, 0.15) is 37.1 Å². The molecule has 2 aromatic heterocycles. The second-order valence-corrected chi connectivity index (χ2v) is 7.86. The average molecular weight is 440 g/mol. The van der Waals surface area contributed by atoms with Gasteiger partial charge in [-0.3, -0.25) is 13.9 Å². The molecule has 8 nitrogen and oxygen atoms in total. The van der Waals surface area contributed by atoms with Crippen LogP contribution in [0.25, 0.3) is 11.2 Å². The van der Waals surface area contributed by atoms with E-state index in [4.69, 9.17) is 9.84 Å². The third-order valence-electron chi connectivity index (χ3n) is 5.67. The number of nitrogens with zero attached hydrogens (tertiary/aromatic N) is 4. The fraction of sp³-hybridized carbons (Fsp3) is 0.435. The molecule has 0 amide bonds. The van der Waals surface area contributed by atoms with Crippen LogP contribution in [0.4, 0.5) is 4.39 Å². The van der Waals surface area contributed by atoms with Crippen LogP contribution in [-0.4, -0.2) is 43.1 Å². The van der Waals surface area contributed by atoms with Gasteiger partial charge in [0.05, 0.1) is 12.6 Å². The number of halogens is 1. The summed E-state index contributed by atoms with van der Waals surface area (Å²) in [5.41, 5.74) is 0.222. The lowest BCUT2D eigenvalue weighted by Crippen LogP contribution is -2.40. The van der Waals surface area contributed by atoms with Gasteiger partial charge in [0, 0.05) is 20.2 Å². The van der Waals surface area contributed by atoms with Crippen molar-refractivity contribution in [3.63, 3.8) is 0 Å². The van der Waals surface area contributed by atoms with E-state index in [1.54, 1.807) is 23.7 Å². The Hall–Kier alpha value is -3.22. The van der Waals surface area contributed by atoms with Crippen molar-refractivity contribution in [1.82, 2.24) is 18.7 Å². The highest BCUT2D eigenvalue weighted by molar-refractivity contribution is 5.72. The van der Waals surface area contributed by atoms with Gasteiger partial charge < -0.3 is 14.4 Å². The third kappa shape index (κ3) is 4.38. The van der Waals surface area contributed by atoms with Crippen LogP contribution < -0.4 is 11.2 Å². The van der Waals surface area contributed by atoms with E-state index < -0.39 is 11.2 Å². The Bertz CT molecular complexity index is 1290. The van der Waals surface area contributed by atoms with E-state index in [0.29, 0.717) is 5.82 Å². The highest BCUT2D eigenvalue weighted by Crippen LogP contribution is 2.21. The van der Waals surface area contributed by atoms with Crippen LogP contribution in [-0.2, 0) is 24.9 Å². The number of rotatable bonds is 7. The Balaban J connectivity index is 1.81. The number of hydrogen-bond acceptors (Lipinski definition) is 5. The Morgan fingerprint density at radius 2 is 1.97 bits per heavy atom. The summed E-state index contributed by atoms with van der Waals surface area (Å²) >= 11 is 0. The van der Waals surface area contributed by atoms with Gasteiger partial charge in [0.2, 0.25) is 0 Å². The van der Waals surface area contributed by atoms with Crippen molar-refractivity contribution in [1.29, 1.82) is 0 Å². The van der Waals surface area contributed by atoms with Gasteiger partial charge in [-0.15, -0.1) is 0 Å². The highest BCUT2D eigenvalue weighted by atomic mass is 19.1. The molecule has 0 aliphatic heterocycles. The Morgan fingerprint density at radius 3 is 2.62 bits per heavy atom. The van der Waals surface area contributed by atoms with E-state index in [9.17, 15) is 14.0 Å². The lowest BCUT2D eigenvalue weighted by Gasteiger charge is -2.24. The number of aliphatic hydroxyl groups is 1. The van der Waals surface area contributed by atoms with Crippen LogP contribution in [0.5, 0.6) is 0 Å². The van der Waals surface area contributed by atoms with Crippen molar-refractivity contribution in [2.45, 2.75) is 44.9 Å². The summed E-state index contributed by atoms with van der Waals surface area (Å²) < 4.78 is 23.1. The molecule has 1 saturated carbocycles. The molecule has 2 heterocycles. The molecule has 4 rings (SSSR count). The maximum absolute atomic E-state index is 13.4. The lowest BCUT2D eigenvalue weighted by molar-refractivity contribution is 0.0217. The number of benzene rings is 1. The molecular weight excluding hydrogens is 415 g/mol.